The zero-order valence-electron chi connectivity index (χ0n) is 18.4. The Morgan fingerprint density at radius 1 is 0.630 bits per heavy atom. The third-order valence-electron chi connectivity index (χ3n) is 5.64. The maximum absolute atomic E-state index is 2.38. The summed E-state index contributed by atoms with van der Waals surface area (Å²) in [5, 5.41) is 0. The summed E-state index contributed by atoms with van der Waals surface area (Å²) in [5.41, 5.74) is 1.46. The van der Waals surface area contributed by atoms with E-state index in [0.29, 0.717) is 0 Å². The minimum Gasteiger partial charge on any atom is -0.325 e. The molecule has 0 saturated carbocycles. The summed E-state index contributed by atoms with van der Waals surface area (Å²) in [6, 6.07) is 9.02. The molecule has 0 aliphatic carbocycles. The summed E-state index contributed by atoms with van der Waals surface area (Å²) in [4.78, 5) is 0. The zero-order chi connectivity index (χ0) is 19.8. The lowest BCUT2D eigenvalue weighted by molar-refractivity contribution is -0.903. The molecule has 0 aromatic heterocycles. The number of hydrogen-bond donors (Lipinski definition) is 0. The highest BCUT2D eigenvalue weighted by molar-refractivity contribution is 14.1. The normalized spacial score (nSPS) is 11.9. The zero-order valence-corrected chi connectivity index (χ0v) is 20.6. The van der Waals surface area contributed by atoms with Gasteiger partial charge in [0.2, 0.25) is 0 Å². The molecule has 156 valence electrons. The van der Waals surface area contributed by atoms with Crippen molar-refractivity contribution in [3.05, 3.63) is 33.4 Å². The molecule has 1 aromatic rings. The Balaban J connectivity index is 1.91. The van der Waals surface area contributed by atoms with Crippen molar-refractivity contribution < 1.29 is 4.48 Å². The Labute approximate surface area is 184 Å². The first-order valence-electron chi connectivity index (χ1n) is 11.6. The molecule has 0 fully saturated rings. The quantitative estimate of drug-likeness (QED) is 0.118. The highest BCUT2D eigenvalue weighted by Gasteiger charge is 2.15. The van der Waals surface area contributed by atoms with Crippen molar-refractivity contribution in [2.45, 2.75) is 103 Å². The molecule has 1 rings (SSSR count). The Bertz CT molecular complexity index is 452. The fourth-order valence-electron chi connectivity index (χ4n) is 3.90. The second-order valence-corrected chi connectivity index (χ2v) is 10.3. The molecule has 0 amide bonds. The molecule has 0 unspecified atom stereocenters. The van der Waals surface area contributed by atoms with Crippen LogP contribution in [0.5, 0.6) is 0 Å². The van der Waals surface area contributed by atoms with Crippen molar-refractivity contribution in [1.29, 1.82) is 0 Å². The van der Waals surface area contributed by atoms with E-state index in [1.54, 1.807) is 0 Å². The van der Waals surface area contributed by atoms with Gasteiger partial charge in [-0.2, -0.15) is 0 Å². The van der Waals surface area contributed by atoms with Gasteiger partial charge in [0.05, 0.1) is 20.6 Å². The maximum atomic E-state index is 2.38. The molecule has 0 bridgehead atoms. The summed E-state index contributed by atoms with van der Waals surface area (Å²) in [6.07, 6.45) is 20.2. The maximum Gasteiger partial charge on any atom is 0.104 e. The van der Waals surface area contributed by atoms with Gasteiger partial charge in [0.15, 0.2) is 0 Å². The standard InChI is InChI=1S/C25H45IN/c1-4-5-6-7-8-9-10-11-12-13-14-15-16-17-22-27(2,3)23-24-18-20-25(26)21-19-24/h18-21H,4-17,22-23H2,1-3H3/q+1. The molecule has 0 N–H and O–H groups in total. The Hall–Kier alpha value is -0.0900. The smallest absolute Gasteiger partial charge is 0.104 e. The summed E-state index contributed by atoms with van der Waals surface area (Å²) in [7, 11) is 4.75. The van der Waals surface area contributed by atoms with Crippen molar-refractivity contribution in [3.63, 3.8) is 0 Å². The minimum atomic E-state index is 1.11. The second-order valence-electron chi connectivity index (χ2n) is 9.04. The van der Waals surface area contributed by atoms with Gasteiger partial charge >= 0.3 is 0 Å². The fraction of sp³-hybridized carbons (Fsp3) is 0.760. The molecule has 0 spiro atoms. The van der Waals surface area contributed by atoms with Crippen molar-refractivity contribution in [3.8, 4) is 0 Å². The van der Waals surface area contributed by atoms with E-state index in [4.69, 9.17) is 0 Å². The summed E-state index contributed by atoms with van der Waals surface area (Å²) < 4.78 is 2.44. The first kappa shape index (κ1) is 24.9. The molecule has 0 radical (unpaired) electrons. The number of quaternary nitrogens is 1. The van der Waals surface area contributed by atoms with Crippen molar-refractivity contribution in [1.82, 2.24) is 0 Å². The monoisotopic (exact) mass is 486 g/mol. The highest BCUT2D eigenvalue weighted by atomic mass is 127. The lowest BCUT2D eigenvalue weighted by Crippen LogP contribution is -2.39. The number of rotatable bonds is 17. The molecule has 0 aliphatic rings. The van der Waals surface area contributed by atoms with Crippen LogP contribution in [0.2, 0.25) is 0 Å². The van der Waals surface area contributed by atoms with Gasteiger partial charge < -0.3 is 4.48 Å². The van der Waals surface area contributed by atoms with Crippen LogP contribution in [0.15, 0.2) is 24.3 Å². The largest absolute Gasteiger partial charge is 0.325 e. The van der Waals surface area contributed by atoms with Crippen molar-refractivity contribution >= 4 is 22.6 Å². The van der Waals surface area contributed by atoms with Gasteiger partial charge in [0, 0.05) is 9.13 Å². The molecular formula is C25H45IN+. The average molecular weight is 487 g/mol. The van der Waals surface area contributed by atoms with E-state index in [1.807, 2.05) is 0 Å². The lowest BCUT2D eigenvalue weighted by Gasteiger charge is -2.30. The molecule has 1 nitrogen and oxygen atoms in total. The SMILES string of the molecule is CCCCCCCCCCCCCCCC[N+](C)(C)Cc1ccc(I)cc1. The molecular weight excluding hydrogens is 441 g/mol. The van der Waals surface area contributed by atoms with Gasteiger partial charge in [-0.05, 0) is 47.6 Å². The molecule has 27 heavy (non-hydrogen) atoms. The third-order valence-corrected chi connectivity index (χ3v) is 6.36. The predicted molar refractivity (Wildman–Crippen MR) is 130 cm³/mol. The first-order chi connectivity index (χ1) is 13.0. The second kappa shape index (κ2) is 15.8. The minimum absolute atomic E-state index is 1.11. The van der Waals surface area contributed by atoms with Gasteiger partial charge in [0.1, 0.15) is 6.54 Å². The molecule has 0 aliphatic heterocycles. The van der Waals surface area contributed by atoms with Crippen LogP contribution in [0.4, 0.5) is 0 Å². The van der Waals surface area contributed by atoms with Crippen LogP contribution < -0.4 is 0 Å². The third kappa shape index (κ3) is 14.5. The van der Waals surface area contributed by atoms with Crippen LogP contribution in [0.25, 0.3) is 0 Å². The number of benzene rings is 1. The van der Waals surface area contributed by atoms with E-state index in [2.05, 4.69) is 67.9 Å². The van der Waals surface area contributed by atoms with E-state index in [0.717, 1.165) is 11.0 Å². The fourth-order valence-corrected chi connectivity index (χ4v) is 4.26. The number of nitrogens with zero attached hydrogens (tertiary/aromatic N) is 1. The molecule has 0 atom stereocenters. The van der Waals surface area contributed by atoms with Crippen molar-refractivity contribution in [2.75, 3.05) is 20.6 Å². The summed E-state index contributed by atoms with van der Waals surface area (Å²) in [5.74, 6) is 0. The van der Waals surface area contributed by atoms with Crippen LogP contribution >= 0.6 is 22.6 Å². The molecule has 2 heteroatoms. The first-order valence-corrected chi connectivity index (χ1v) is 12.7. The Morgan fingerprint density at radius 2 is 1.04 bits per heavy atom. The highest BCUT2D eigenvalue weighted by Crippen LogP contribution is 2.15. The van der Waals surface area contributed by atoms with Crippen LogP contribution in [-0.4, -0.2) is 25.1 Å². The van der Waals surface area contributed by atoms with Crippen molar-refractivity contribution in [2.24, 2.45) is 0 Å². The van der Waals surface area contributed by atoms with Crippen LogP contribution in [-0.2, 0) is 6.54 Å². The summed E-state index contributed by atoms with van der Waals surface area (Å²) >= 11 is 2.38. The van der Waals surface area contributed by atoms with E-state index in [-0.39, 0.29) is 0 Å². The Kier molecular flexibility index (Phi) is 14.6. The average Bonchev–Trinajstić information content (AvgIpc) is 2.63. The number of unbranched alkanes of at least 4 members (excludes halogenated alkanes) is 13. The topological polar surface area (TPSA) is 0 Å². The van der Waals surface area contributed by atoms with Gasteiger partial charge in [-0.3, -0.25) is 0 Å². The van der Waals surface area contributed by atoms with E-state index in [9.17, 15) is 0 Å². The number of hydrogen-bond acceptors (Lipinski definition) is 0. The molecule has 0 heterocycles. The number of halogens is 1. The van der Waals surface area contributed by atoms with Gasteiger partial charge in [-0.1, -0.05) is 96.1 Å². The van der Waals surface area contributed by atoms with E-state index >= 15 is 0 Å². The lowest BCUT2D eigenvalue weighted by atomic mass is 10.0. The van der Waals surface area contributed by atoms with Crippen LogP contribution in [0, 0.1) is 3.57 Å². The van der Waals surface area contributed by atoms with E-state index < -0.39 is 0 Å². The van der Waals surface area contributed by atoms with Gasteiger partial charge in [-0.25, -0.2) is 0 Å². The van der Waals surface area contributed by atoms with Crippen LogP contribution in [0.3, 0.4) is 0 Å². The molecule has 0 saturated heterocycles. The van der Waals surface area contributed by atoms with E-state index in [1.165, 1.54) is 106 Å². The van der Waals surface area contributed by atoms with Crippen LogP contribution in [0.1, 0.15) is 102 Å². The Morgan fingerprint density at radius 3 is 1.48 bits per heavy atom. The molecule has 1 aromatic carbocycles. The predicted octanol–water partition coefficient (Wildman–Crippen LogP) is 8.35. The summed E-state index contributed by atoms with van der Waals surface area (Å²) in [6.45, 7) is 4.74. The van der Waals surface area contributed by atoms with Gasteiger partial charge in [0.25, 0.3) is 0 Å². The van der Waals surface area contributed by atoms with Gasteiger partial charge in [-0.15, -0.1) is 0 Å².